The van der Waals surface area contributed by atoms with Crippen LogP contribution in [0, 0.1) is 27.7 Å². The number of aromatic nitrogens is 4. The molecule has 0 fully saturated rings. The zero-order chi connectivity index (χ0) is 51.5. The largest absolute Gasteiger partial charge is 0.508 e. The number of phenolic OH excluding ortho intramolecular Hbond substituents is 2. The standard InChI is InChI=1S/C25H29N5O5S.C24H27N5O5S/c1-15-21(16(2)29-25(28-15)26-11-5-8-17-7-4-9-18(31)13-17)23(33)30-19(24(34)35-3)14-27-22(32)20-10-6-12-36-20;1-14-20(22(32)29-18(23(33)34)13-26-21(31)19-9-5-11-35-19)15(2)28-24(27-14)25-10-4-7-16-6-3-8-17(30)12-16/h4,6-7,9-10,12-13,19,31H,5,8,11,14H2,1-3H3,(H,27,32)(H,30,33)(H,26,28,29);3,5-6,8-9,11-12,18,30H,4,7,10,13H2,1-2H3,(H,26,31)(H,29,32)(H,33,34)(H,25,27,28)/t19-;18-/m00/s1. The van der Waals surface area contributed by atoms with Crippen molar-refractivity contribution in [2.45, 2.75) is 65.5 Å². The Labute approximate surface area is 417 Å². The minimum Gasteiger partial charge on any atom is -0.508 e. The molecule has 0 aliphatic rings. The van der Waals surface area contributed by atoms with Gasteiger partial charge in [0.1, 0.15) is 23.6 Å². The van der Waals surface area contributed by atoms with Crippen LogP contribution < -0.4 is 31.9 Å². The van der Waals surface area contributed by atoms with Crippen LogP contribution in [0.25, 0.3) is 0 Å². The fourth-order valence-electron chi connectivity index (χ4n) is 7.03. The summed E-state index contributed by atoms with van der Waals surface area (Å²) in [7, 11) is 1.21. The summed E-state index contributed by atoms with van der Waals surface area (Å²) in [6.07, 6.45) is 3.12. The van der Waals surface area contributed by atoms with E-state index in [0.29, 0.717) is 57.5 Å². The number of thiophene rings is 2. The fourth-order valence-corrected chi connectivity index (χ4v) is 8.31. The van der Waals surface area contributed by atoms with Gasteiger partial charge in [0.2, 0.25) is 11.9 Å². The molecule has 4 amide bonds. The Bertz CT molecular complexity index is 2740. The average molecular weight is 1010 g/mol. The number of carbonyl (C=O) groups is 6. The number of hydrogen-bond acceptors (Lipinski definition) is 17. The third-order valence-electron chi connectivity index (χ3n) is 10.5. The van der Waals surface area contributed by atoms with Crippen molar-refractivity contribution in [1.29, 1.82) is 0 Å². The molecule has 0 saturated carbocycles. The van der Waals surface area contributed by atoms with Crippen molar-refractivity contribution >= 4 is 70.1 Å². The lowest BCUT2D eigenvalue weighted by Crippen LogP contribution is -2.49. The lowest BCUT2D eigenvalue weighted by molar-refractivity contribution is -0.142. The van der Waals surface area contributed by atoms with Gasteiger partial charge in [0, 0.05) is 26.2 Å². The number of aryl methyl sites for hydroxylation is 6. The molecule has 6 rings (SSSR count). The lowest BCUT2D eigenvalue weighted by Gasteiger charge is -2.18. The van der Waals surface area contributed by atoms with E-state index >= 15 is 0 Å². The van der Waals surface area contributed by atoms with E-state index in [4.69, 9.17) is 4.74 Å². The number of methoxy groups -OCH3 is 1. The van der Waals surface area contributed by atoms with E-state index in [2.05, 4.69) is 51.8 Å². The van der Waals surface area contributed by atoms with E-state index in [1.165, 1.54) is 29.8 Å². The normalized spacial score (nSPS) is 11.5. The molecular formula is C49H56N10O10S2. The molecule has 0 spiro atoms. The van der Waals surface area contributed by atoms with E-state index in [-0.39, 0.29) is 41.6 Å². The van der Waals surface area contributed by atoms with Crippen LogP contribution in [0.3, 0.4) is 0 Å². The quantitative estimate of drug-likeness (QED) is 0.0315. The highest BCUT2D eigenvalue weighted by Crippen LogP contribution is 2.18. The van der Waals surface area contributed by atoms with Gasteiger partial charge in [-0.25, -0.2) is 29.5 Å². The predicted molar refractivity (Wildman–Crippen MR) is 268 cm³/mol. The number of benzene rings is 2. The van der Waals surface area contributed by atoms with Crippen LogP contribution in [-0.2, 0) is 27.2 Å². The molecule has 2 aromatic carbocycles. The second-order valence-electron chi connectivity index (χ2n) is 15.9. The molecule has 2 atom stereocenters. The number of amides is 4. The molecular weight excluding hydrogens is 953 g/mol. The molecule has 20 nitrogen and oxygen atoms in total. The highest BCUT2D eigenvalue weighted by Gasteiger charge is 2.27. The highest BCUT2D eigenvalue weighted by atomic mass is 32.1. The molecule has 6 aromatic rings. The molecule has 4 aromatic heterocycles. The number of nitrogens with zero attached hydrogens (tertiary/aromatic N) is 4. The van der Waals surface area contributed by atoms with Gasteiger partial charge in [-0.15, -0.1) is 22.7 Å². The van der Waals surface area contributed by atoms with Crippen LogP contribution in [0.1, 0.15) is 86.8 Å². The van der Waals surface area contributed by atoms with Crippen LogP contribution in [0.15, 0.2) is 83.6 Å². The molecule has 9 N–H and O–H groups in total. The van der Waals surface area contributed by atoms with E-state index in [1.807, 2.05) is 12.1 Å². The summed E-state index contributed by atoms with van der Waals surface area (Å²) in [6.45, 7) is 7.47. The van der Waals surface area contributed by atoms with Gasteiger partial charge in [0.05, 0.1) is 50.8 Å². The number of rotatable bonds is 22. The summed E-state index contributed by atoms with van der Waals surface area (Å²) in [5.74, 6) is -2.65. The van der Waals surface area contributed by atoms with Gasteiger partial charge >= 0.3 is 11.9 Å². The average Bonchev–Trinajstić information content (AvgIpc) is 4.08. The van der Waals surface area contributed by atoms with E-state index in [1.54, 1.807) is 99.1 Å². The molecule has 0 aliphatic heterocycles. The molecule has 0 aliphatic carbocycles. The summed E-state index contributed by atoms with van der Waals surface area (Å²) in [6, 6.07) is 18.6. The zero-order valence-corrected chi connectivity index (χ0v) is 41.3. The number of aromatic hydroxyl groups is 2. The summed E-state index contributed by atoms with van der Waals surface area (Å²) >= 11 is 2.51. The van der Waals surface area contributed by atoms with Gasteiger partial charge in [-0.2, -0.15) is 0 Å². The smallest absolute Gasteiger partial charge is 0.330 e. The molecule has 0 radical (unpaired) electrons. The number of esters is 1. The van der Waals surface area contributed by atoms with Gasteiger partial charge in [-0.05, 0) is 112 Å². The number of ether oxygens (including phenoxy) is 1. The third kappa shape index (κ3) is 16.6. The number of phenols is 2. The molecule has 0 unspecified atom stereocenters. The number of carboxylic acid groups (broad SMARTS) is 1. The Kier molecular flexibility index (Phi) is 20.3. The topological polar surface area (TPSA) is 296 Å². The predicted octanol–water partition coefficient (Wildman–Crippen LogP) is 5.12. The minimum absolute atomic E-state index is 0.132. The van der Waals surface area contributed by atoms with Crippen LogP contribution in [0.4, 0.5) is 11.9 Å². The Hall–Kier alpha value is -7.98. The second kappa shape index (κ2) is 26.7. The van der Waals surface area contributed by atoms with Crippen molar-refractivity contribution in [3.8, 4) is 11.5 Å². The fraction of sp³-hybridized carbons (Fsp3) is 0.306. The number of nitrogens with one attached hydrogen (secondary N) is 6. The summed E-state index contributed by atoms with van der Waals surface area (Å²) in [5.41, 5.74) is 4.18. The van der Waals surface area contributed by atoms with Gasteiger partial charge in [-0.3, -0.25) is 19.2 Å². The molecule has 0 saturated heterocycles. The summed E-state index contributed by atoms with van der Waals surface area (Å²) in [4.78, 5) is 92.4. The Morgan fingerprint density at radius 2 is 0.986 bits per heavy atom. The van der Waals surface area contributed by atoms with Gasteiger partial charge < -0.3 is 52.0 Å². The Morgan fingerprint density at radius 3 is 1.35 bits per heavy atom. The molecule has 71 heavy (non-hydrogen) atoms. The summed E-state index contributed by atoms with van der Waals surface area (Å²) in [5, 5.41) is 48.6. The van der Waals surface area contributed by atoms with Crippen molar-refractivity contribution in [3.63, 3.8) is 0 Å². The van der Waals surface area contributed by atoms with Crippen molar-refractivity contribution in [2.75, 3.05) is 43.9 Å². The summed E-state index contributed by atoms with van der Waals surface area (Å²) < 4.78 is 4.79. The highest BCUT2D eigenvalue weighted by molar-refractivity contribution is 7.12. The maximum Gasteiger partial charge on any atom is 0.330 e. The van der Waals surface area contributed by atoms with Crippen LogP contribution >= 0.6 is 22.7 Å². The third-order valence-corrected chi connectivity index (χ3v) is 12.2. The lowest BCUT2D eigenvalue weighted by atomic mass is 10.1. The number of carbonyl (C=O) groups excluding carboxylic acids is 5. The van der Waals surface area contributed by atoms with Crippen LogP contribution in [-0.4, -0.2) is 116 Å². The Morgan fingerprint density at radius 1 is 0.577 bits per heavy atom. The number of aliphatic carboxylic acids is 1. The van der Waals surface area contributed by atoms with Crippen LogP contribution in [0.5, 0.6) is 11.5 Å². The second-order valence-corrected chi connectivity index (χ2v) is 17.8. The first-order valence-corrected chi connectivity index (χ1v) is 24.1. The maximum atomic E-state index is 13.0. The van der Waals surface area contributed by atoms with Crippen LogP contribution in [0.2, 0.25) is 0 Å². The first kappa shape index (κ1) is 54.0. The molecule has 374 valence electrons. The van der Waals surface area contributed by atoms with Gasteiger partial charge in [0.15, 0.2) is 0 Å². The van der Waals surface area contributed by atoms with Gasteiger partial charge in [0.25, 0.3) is 23.6 Å². The first-order valence-electron chi connectivity index (χ1n) is 22.3. The first-order chi connectivity index (χ1) is 34.0. The van der Waals surface area contributed by atoms with E-state index < -0.39 is 41.7 Å². The monoisotopic (exact) mass is 1010 g/mol. The number of hydrogen-bond donors (Lipinski definition) is 9. The number of anilines is 2. The van der Waals surface area contributed by atoms with E-state index in [9.17, 15) is 44.1 Å². The number of carboxylic acids is 1. The molecule has 22 heteroatoms. The van der Waals surface area contributed by atoms with Crippen molar-refractivity contribution in [3.05, 3.63) is 138 Å². The maximum absolute atomic E-state index is 13.0. The zero-order valence-electron chi connectivity index (χ0n) is 39.7. The van der Waals surface area contributed by atoms with Gasteiger partial charge in [-0.1, -0.05) is 36.4 Å². The molecule has 4 heterocycles. The minimum atomic E-state index is -1.32. The van der Waals surface area contributed by atoms with E-state index in [0.717, 1.165) is 36.8 Å². The van der Waals surface area contributed by atoms with Crippen molar-refractivity contribution in [2.24, 2.45) is 0 Å². The Balaban J connectivity index is 0.000000264. The van der Waals surface area contributed by atoms with Crippen molar-refractivity contribution < 1.29 is 48.8 Å². The van der Waals surface area contributed by atoms with Crippen molar-refractivity contribution in [1.82, 2.24) is 41.2 Å². The SMILES string of the molecule is COC(=O)[C@H](CNC(=O)c1cccs1)NC(=O)c1c(C)nc(NCCCc2cccc(O)c2)nc1C.Cc1nc(NCCCc2cccc(O)c2)nc(C)c1C(=O)N[C@@H](CNC(=O)c1cccs1)C(=O)O. The molecule has 0 bridgehead atoms.